The molecule has 1 unspecified atom stereocenters. The lowest BCUT2D eigenvalue weighted by atomic mass is 10.0. The number of hydrogen-bond acceptors (Lipinski definition) is 2. The summed E-state index contributed by atoms with van der Waals surface area (Å²) in [5, 5.41) is 5.59. The van der Waals surface area contributed by atoms with E-state index in [2.05, 4.69) is 46.7 Å². The van der Waals surface area contributed by atoms with Gasteiger partial charge in [-0.2, -0.15) is 0 Å². The highest BCUT2D eigenvalue weighted by molar-refractivity contribution is 9.10. The number of rotatable bonds is 8. The van der Waals surface area contributed by atoms with Crippen molar-refractivity contribution in [3.05, 3.63) is 20.8 Å². The molecule has 0 aliphatic carbocycles. The van der Waals surface area contributed by atoms with Gasteiger partial charge in [0.15, 0.2) is 0 Å². The zero-order valence-electron chi connectivity index (χ0n) is 10.3. The van der Waals surface area contributed by atoms with Gasteiger partial charge in [-0.05, 0) is 47.3 Å². The first-order chi connectivity index (χ1) is 7.77. The fourth-order valence-corrected chi connectivity index (χ4v) is 3.46. The van der Waals surface area contributed by atoms with Gasteiger partial charge in [0.05, 0.1) is 0 Å². The zero-order valence-corrected chi connectivity index (χ0v) is 12.7. The van der Waals surface area contributed by atoms with Crippen LogP contribution in [-0.2, 0) is 6.42 Å². The maximum Gasteiger partial charge on any atom is 0.0314 e. The molecule has 1 aromatic rings. The van der Waals surface area contributed by atoms with Crippen LogP contribution in [0.3, 0.4) is 0 Å². The van der Waals surface area contributed by atoms with Crippen LogP contribution in [0.2, 0.25) is 0 Å². The minimum absolute atomic E-state index is 0.631. The number of nitrogens with one attached hydrogen (secondary N) is 1. The smallest absolute Gasteiger partial charge is 0.0314 e. The Kier molecular flexibility index (Phi) is 7.33. The van der Waals surface area contributed by atoms with Gasteiger partial charge in [0.25, 0.3) is 0 Å². The van der Waals surface area contributed by atoms with Gasteiger partial charge in [-0.3, -0.25) is 0 Å². The Morgan fingerprint density at radius 1 is 1.38 bits per heavy atom. The van der Waals surface area contributed by atoms with Crippen molar-refractivity contribution in [2.75, 3.05) is 7.05 Å². The first-order valence-corrected chi connectivity index (χ1v) is 7.84. The molecular formula is C13H22BrNS. The average Bonchev–Trinajstić information content (AvgIpc) is 2.68. The van der Waals surface area contributed by atoms with Crippen molar-refractivity contribution < 1.29 is 0 Å². The summed E-state index contributed by atoms with van der Waals surface area (Å²) in [6.07, 6.45) is 7.87. The van der Waals surface area contributed by atoms with E-state index in [0.29, 0.717) is 6.04 Å². The Morgan fingerprint density at radius 3 is 2.75 bits per heavy atom. The van der Waals surface area contributed by atoms with E-state index in [9.17, 15) is 0 Å². The second-order valence-corrected chi connectivity index (χ2v) is 6.09. The standard InChI is InChI=1S/C13H22BrNS/c1-3-4-5-6-7-11(15-2)10-13-12(14)8-9-16-13/h8-9,11,15H,3-7,10H2,1-2H3. The molecule has 1 aromatic heterocycles. The topological polar surface area (TPSA) is 12.0 Å². The second-order valence-electron chi connectivity index (χ2n) is 4.23. The van der Waals surface area contributed by atoms with Crippen LogP contribution in [0.4, 0.5) is 0 Å². The first kappa shape index (κ1) is 14.2. The third-order valence-corrected chi connectivity index (χ3v) is 4.89. The maximum atomic E-state index is 3.60. The van der Waals surface area contributed by atoms with Gasteiger partial charge in [0.2, 0.25) is 0 Å². The molecule has 16 heavy (non-hydrogen) atoms. The summed E-state index contributed by atoms with van der Waals surface area (Å²) >= 11 is 5.45. The largest absolute Gasteiger partial charge is 0.317 e. The van der Waals surface area contributed by atoms with Gasteiger partial charge in [-0.1, -0.05) is 32.6 Å². The molecule has 1 rings (SSSR count). The Bertz CT molecular complexity index is 285. The van der Waals surface area contributed by atoms with Crippen molar-refractivity contribution in [2.24, 2.45) is 0 Å². The highest BCUT2D eigenvalue weighted by Gasteiger charge is 2.10. The molecule has 1 N–H and O–H groups in total. The normalized spacial score (nSPS) is 12.9. The fourth-order valence-electron chi connectivity index (χ4n) is 1.86. The van der Waals surface area contributed by atoms with Crippen LogP contribution < -0.4 is 5.32 Å². The van der Waals surface area contributed by atoms with Crippen molar-refractivity contribution >= 4 is 27.3 Å². The van der Waals surface area contributed by atoms with Gasteiger partial charge in [-0.15, -0.1) is 11.3 Å². The van der Waals surface area contributed by atoms with E-state index in [0.717, 1.165) is 6.42 Å². The Balaban J connectivity index is 2.29. The van der Waals surface area contributed by atoms with E-state index < -0.39 is 0 Å². The Hall–Kier alpha value is 0.140. The molecule has 0 saturated carbocycles. The van der Waals surface area contributed by atoms with Crippen molar-refractivity contribution in [1.29, 1.82) is 0 Å². The number of halogens is 1. The molecular weight excluding hydrogens is 282 g/mol. The Morgan fingerprint density at radius 2 is 2.19 bits per heavy atom. The summed E-state index contributed by atoms with van der Waals surface area (Å²) in [7, 11) is 2.08. The van der Waals surface area contributed by atoms with E-state index in [1.165, 1.54) is 41.5 Å². The molecule has 0 fully saturated rings. The van der Waals surface area contributed by atoms with Crippen molar-refractivity contribution in [3.63, 3.8) is 0 Å². The lowest BCUT2D eigenvalue weighted by molar-refractivity contribution is 0.487. The van der Waals surface area contributed by atoms with Crippen LogP contribution in [0.1, 0.15) is 43.9 Å². The van der Waals surface area contributed by atoms with Gasteiger partial charge in [0.1, 0.15) is 0 Å². The maximum absolute atomic E-state index is 3.60. The molecule has 0 radical (unpaired) electrons. The van der Waals surface area contributed by atoms with E-state index in [1.807, 2.05) is 11.3 Å². The highest BCUT2D eigenvalue weighted by atomic mass is 79.9. The lowest BCUT2D eigenvalue weighted by Crippen LogP contribution is -2.27. The molecule has 0 aliphatic rings. The average molecular weight is 304 g/mol. The number of likely N-dealkylation sites (N-methyl/N-ethyl adjacent to an activating group) is 1. The third-order valence-electron chi connectivity index (χ3n) is 2.94. The van der Waals surface area contributed by atoms with Crippen LogP contribution in [0.15, 0.2) is 15.9 Å². The summed E-state index contributed by atoms with van der Waals surface area (Å²) in [4.78, 5) is 1.47. The summed E-state index contributed by atoms with van der Waals surface area (Å²) in [6.45, 7) is 2.26. The van der Waals surface area contributed by atoms with Crippen LogP contribution in [0.25, 0.3) is 0 Å². The first-order valence-electron chi connectivity index (χ1n) is 6.17. The molecule has 0 aliphatic heterocycles. The minimum atomic E-state index is 0.631. The molecule has 0 aromatic carbocycles. The fraction of sp³-hybridized carbons (Fsp3) is 0.692. The van der Waals surface area contributed by atoms with E-state index in [-0.39, 0.29) is 0 Å². The SMILES string of the molecule is CCCCCCC(Cc1sccc1Br)NC. The summed E-state index contributed by atoms with van der Waals surface area (Å²) in [6, 6.07) is 2.77. The van der Waals surface area contributed by atoms with Crippen molar-refractivity contribution in [1.82, 2.24) is 5.32 Å². The highest BCUT2D eigenvalue weighted by Crippen LogP contribution is 2.24. The molecule has 1 nitrogen and oxygen atoms in total. The molecule has 3 heteroatoms. The number of hydrogen-bond donors (Lipinski definition) is 1. The molecule has 0 bridgehead atoms. The van der Waals surface area contributed by atoms with Crippen molar-refractivity contribution in [3.8, 4) is 0 Å². The Labute approximate surface area is 112 Å². The molecule has 0 amide bonds. The quantitative estimate of drug-likeness (QED) is 0.691. The molecule has 1 heterocycles. The molecule has 0 saturated heterocycles. The summed E-state index contributed by atoms with van der Waals surface area (Å²) < 4.78 is 1.27. The van der Waals surface area contributed by atoms with Gasteiger partial charge in [0, 0.05) is 15.4 Å². The summed E-state index contributed by atoms with van der Waals surface area (Å²) in [5.74, 6) is 0. The summed E-state index contributed by atoms with van der Waals surface area (Å²) in [5.41, 5.74) is 0. The molecule has 0 spiro atoms. The number of thiophene rings is 1. The minimum Gasteiger partial charge on any atom is -0.317 e. The predicted molar refractivity (Wildman–Crippen MR) is 77.3 cm³/mol. The zero-order chi connectivity index (χ0) is 11.8. The van der Waals surface area contributed by atoms with Crippen molar-refractivity contribution in [2.45, 2.75) is 51.5 Å². The van der Waals surface area contributed by atoms with E-state index >= 15 is 0 Å². The third kappa shape index (κ3) is 4.98. The second kappa shape index (κ2) is 8.26. The lowest BCUT2D eigenvalue weighted by Gasteiger charge is -2.15. The monoisotopic (exact) mass is 303 g/mol. The molecule has 1 atom stereocenters. The van der Waals surface area contributed by atoms with Crippen LogP contribution in [-0.4, -0.2) is 13.1 Å². The van der Waals surface area contributed by atoms with Crippen LogP contribution >= 0.6 is 27.3 Å². The van der Waals surface area contributed by atoms with Gasteiger partial charge < -0.3 is 5.32 Å². The van der Waals surface area contributed by atoms with E-state index in [1.54, 1.807) is 0 Å². The predicted octanol–water partition coefficient (Wildman–Crippen LogP) is 4.61. The van der Waals surface area contributed by atoms with Gasteiger partial charge >= 0.3 is 0 Å². The number of unbranched alkanes of at least 4 members (excludes halogenated alkanes) is 3. The van der Waals surface area contributed by atoms with Crippen LogP contribution in [0.5, 0.6) is 0 Å². The van der Waals surface area contributed by atoms with Crippen LogP contribution in [0, 0.1) is 0 Å². The van der Waals surface area contributed by atoms with Gasteiger partial charge in [-0.25, -0.2) is 0 Å². The molecule has 92 valence electrons. The van der Waals surface area contributed by atoms with E-state index in [4.69, 9.17) is 0 Å².